The molecule has 1 amide bonds. The minimum Gasteiger partial charge on any atom is -0.491 e. The second-order valence-electron chi connectivity index (χ2n) is 7.62. The lowest BCUT2D eigenvalue weighted by Crippen LogP contribution is -2.38. The molecule has 0 bridgehead atoms. The van der Waals surface area contributed by atoms with Gasteiger partial charge in [-0.25, -0.2) is 4.68 Å². The maximum atomic E-state index is 13.4. The Hall–Kier alpha value is -4.06. The number of aromatic nitrogens is 2. The van der Waals surface area contributed by atoms with E-state index in [2.05, 4.69) is 10.4 Å². The first-order valence-electron chi connectivity index (χ1n) is 10.4. The summed E-state index contributed by atoms with van der Waals surface area (Å²) in [7, 11) is 0. The van der Waals surface area contributed by atoms with Crippen molar-refractivity contribution in [3.05, 3.63) is 75.7 Å². The Morgan fingerprint density at radius 1 is 1.20 bits per heavy atom. The number of aliphatic hydroxyl groups excluding tert-OH is 1. The van der Waals surface area contributed by atoms with Crippen LogP contribution < -0.4 is 25.0 Å². The van der Waals surface area contributed by atoms with Crippen LogP contribution in [0.3, 0.4) is 0 Å². The lowest BCUT2D eigenvalue weighted by atomic mass is 10.1. The fraction of sp³-hybridized carbons (Fsp3) is 0.261. The molecule has 0 spiro atoms. The molecule has 1 aromatic heterocycles. The molecule has 9 nitrogen and oxygen atoms in total. The minimum absolute atomic E-state index is 0.101. The monoisotopic (exact) mass is 491 g/mol. The summed E-state index contributed by atoms with van der Waals surface area (Å²) in [6.45, 7) is 1.02. The van der Waals surface area contributed by atoms with Crippen LogP contribution in [0, 0.1) is 6.92 Å². The fourth-order valence-electron chi connectivity index (χ4n) is 3.36. The van der Waals surface area contributed by atoms with Crippen molar-refractivity contribution in [2.45, 2.75) is 19.2 Å². The van der Waals surface area contributed by atoms with Gasteiger partial charge < -0.3 is 24.6 Å². The molecule has 1 unspecified atom stereocenters. The van der Waals surface area contributed by atoms with Gasteiger partial charge in [-0.3, -0.25) is 9.59 Å². The van der Waals surface area contributed by atoms with E-state index < -0.39 is 34.9 Å². The largest absolute Gasteiger partial charge is 0.491 e. The van der Waals surface area contributed by atoms with Crippen LogP contribution >= 0.6 is 0 Å². The summed E-state index contributed by atoms with van der Waals surface area (Å²) >= 11 is 0. The number of benzene rings is 2. The van der Waals surface area contributed by atoms with Crippen molar-refractivity contribution in [1.29, 1.82) is 0 Å². The highest BCUT2D eigenvalue weighted by atomic mass is 19.4. The Morgan fingerprint density at radius 2 is 1.94 bits per heavy atom. The number of aliphatic hydroxyl groups is 1. The maximum absolute atomic E-state index is 13.4. The Balaban J connectivity index is 1.44. The molecule has 1 atom stereocenters. The third-order valence-corrected chi connectivity index (χ3v) is 5.04. The van der Waals surface area contributed by atoms with Gasteiger partial charge in [0.1, 0.15) is 18.5 Å². The highest BCUT2D eigenvalue weighted by Crippen LogP contribution is 2.35. The number of hydrogen-bond donors (Lipinski definition) is 2. The average Bonchev–Trinajstić information content (AvgIpc) is 3.29. The first kappa shape index (κ1) is 24.1. The second-order valence-corrected chi connectivity index (χ2v) is 7.62. The highest BCUT2D eigenvalue weighted by molar-refractivity contribution is 5.92. The Bertz CT molecular complexity index is 1310. The molecule has 3 aromatic rings. The highest BCUT2D eigenvalue weighted by Gasteiger charge is 2.34. The summed E-state index contributed by atoms with van der Waals surface area (Å²) in [6, 6.07) is 10.6. The normalized spacial score (nSPS) is 13.4. The van der Waals surface area contributed by atoms with E-state index in [1.165, 1.54) is 25.1 Å². The quantitative estimate of drug-likeness (QED) is 0.522. The molecule has 0 aliphatic carbocycles. The smallest absolute Gasteiger partial charge is 0.418 e. The molecular formula is C23H20F3N3O6. The number of aryl methyl sites for hydroxylation is 1. The van der Waals surface area contributed by atoms with E-state index in [0.29, 0.717) is 17.2 Å². The summed E-state index contributed by atoms with van der Waals surface area (Å²) in [6.07, 6.45) is -5.82. The van der Waals surface area contributed by atoms with Gasteiger partial charge in [-0.05, 0) is 31.2 Å². The van der Waals surface area contributed by atoms with E-state index in [-0.39, 0.29) is 31.3 Å². The van der Waals surface area contributed by atoms with Crippen LogP contribution in [0.4, 0.5) is 13.2 Å². The van der Waals surface area contributed by atoms with Crippen LogP contribution in [0.25, 0.3) is 5.69 Å². The zero-order chi connectivity index (χ0) is 25.2. The summed E-state index contributed by atoms with van der Waals surface area (Å²) in [4.78, 5) is 24.9. The average molecular weight is 491 g/mol. The van der Waals surface area contributed by atoms with Crippen molar-refractivity contribution in [1.82, 2.24) is 15.1 Å². The number of carbonyl (C=O) groups is 1. The molecule has 1 aliphatic rings. The molecule has 2 aromatic carbocycles. The first-order chi connectivity index (χ1) is 16.6. The molecule has 2 N–H and O–H groups in total. The fourth-order valence-corrected chi connectivity index (χ4v) is 3.36. The lowest BCUT2D eigenvalue weighted by molar-refractivity contribution is -0.137. The molecule has 0 fully saturated rings. The van der Waals surface area contributed by atoms with Crippen molar-refractivity contribution >= 4 is 5.91 Å². The maximum Gasteiger partial charge on any atom is 0.418 e. The molecule has 35 heavy (non-hydrogen) atoms. The number of hydrogen-bond acceptors (Lipinski definition) is 7. The standard InChI is InChI=1S/C23H20F3N3O6/c1-13-8-18(31)21(28-29(13)17-5-3-2-4-16(17)23(24,25)26)22(32)27-10-14(30)11-33-15-6-7-19-20(9-15)35-12-34-19/h2-9,14,30H,10-12H2,1H3,(H,27,32). The van der Waals surface area contributed by atoms with Crippen molar-refractivity contribution in [3.63, 3.8) is 0 Å². The van der Waals surface area contributed by atoms with Gasteiger partial charge in [0.25, 0.3) is 5.91 Å². The third-order valence-electron chi connectivity index (χ3n) is 5.04. The number of alkyl halides is 3. The van der Waals surface area contributed by atoms with E-state index in [1.54, 1.807) is 18.2 Å². The van der Waals surface area contributed by atoms with E-state index >= 15 is 0 Å². The summed E-state index contributed by atoms with van der Waals surface area (Å²) in [5.41, 5.74) is -2.57. The molecule has 4 rings (SSSR count). The molecule has 0 radical (unpaired) electrons. The lowest BCUT2D eigenvalue weighted by Gasteiger charge is -2.17. The van der Waals surface area contributed by atoms with Gasteiger partial charge in [-0.15, -0.1) is 0 Å². The van der Waals surface area contributed by atoms with Crippen molar-refractivity contribution in [3.8, 4) is 22.9 Å². The van der Waals surface area contributed by atoms with Gasteiger partial charge in [-0.2, -0.15) is 18.3 Å². The van der Waals surface area contributed by atoms with Crippen LogP contribution in [-0.2, 0) is 6.18 Å². The van der Waals surface area contributed by atoms with Crippen LogP contribution in [0.1, 0.15) is 21.7 Å². The molecule has 184 valence electrons. The van der Waals surface area contributed by atoms with Crippen LogP contribution in [0.2, 0.25) is 0 Å². The number of nitrogens with one attached hydrogen (secondary N) is 1. The Kier molecular flexibility index (Phi) is 6.65. The minimum atomic E-state index is -4.67. The van der Waals surface area contributed by atoms with E-state index in [4.69, 9.17) is 14.2 Å². The topological polar surface area (TPSA) is 112 Å². The third kappa shape index (κ3) is 5.38. The van der Waals surface area contributed by atoms with E-state index in [9.17, 15) is 27.9 Å². The predicted molar refractivity (Wildman–Crippen MR) is 116 cm³/mol. The van der Waals surface area contributed by atoms with Crippen LogP contribution in [0.15, 0.2) is 53.3 Å². The number of carbonyl (C=O) groups excluding carboxylic acids is 1. The van der Waals surface area contributed by atoms with Crippen LogP contribution in [0.5, 0.6) is 17.2 Å². The number of para-hydroxylation sites is 1. The molecule has 12 heteroatoms. The predicted octanol–water partition coefficient (Wildman–Crippen LogP) is 2.46. The van der Waals surface area contributed by atoms with Gasteiger partial charge in [-0.1, -0.05) is 12.1 Å². The summed E-state index contributed by atoms with van der Waals surface area (Å²) in [5.74, 6) is 0.528. The molecule has 1 aliphatic heterocycles. The molecular weight excluding hydrogens is 471 g/mol. The van der Waals surface area contributed by atoms with Gasteiger partial charge in [0.2, 0.25) is 12.2 Å². The summed E-state index contributed by atoms with van der Waals surface area (Å²) in [5, 5.41) is 16.4. The van der Waals surface area contributed by atoms with Crippen molar-refractivity contribution < 1.29 is 37.3 Å². The van der Waals surface area contributed by atoms with Crippen LogP contribution in [-0.4, -0.2) is 46.8 Å². The number of rotatable bonds is 7. The molecule has 2 heterocycles. The van der Waals surface area contributed by atoms with Crippen molar-refractivity contribution in [2.24, 2.45) is 0 Å². The zero-order valence-electron chi connectivity index (χ0n) is 18.3. The molecule has 0 saturated heterocycles. The Labute approximate surface area is 196 Å². The summed E-state index contributed by atoms with van der Waals surface area (Å²) < 4.78 is 57.1. The van der Waals surface area contributed by atoms with E-state index in [1.807, 2.05) is 0 Å². The van der Waals surface area contributed by atoms with E-state index in [0.717, 1.165) is 16.8 Å². The Morgan fingerprint density at radius 3 is 2.71 bits per heavy atom. The second kappa shape index (κ2) is 9.66. The number of nitrogens with zero attached hydrogens (tertiary/aromatic N) is 2. The molecule has 0 saturated carbocycles. The van der Waals surface area contributed by atoms with Gasteiger partial charge in [0.15, 0.2) is 17.2 Å². The number of ether oxygens (including phenoxy) is 3. The van der Waals surface area contributed by atoms with Crippen molar-refractivity contribution in [2.75, 3.05) is 19.9 Å². The number of amides is 1. The first-order valence-corrected chi connectivity index (χ1v) is 10.4. The zero-order valence-corrected chi connectivity index (χ0v) is 18.3. The van der Waals surface area contributed by atoms with Gasteiger partial charge in [0, 0.05) is 24.4 Å². The van der Waals surface area contributed by atoms with Gasteiger partial charge in [0.05, 0.1) is 11.3 Å². The number of fused-ring (bicyclic) bond motifs is 1. The van der Waals surface area contributed by atoms with Gasteiger partial charge >= 0.3 is 6.18 Å². The number of halogens is 3. The SMILES string of the molecule is Cc1cc(=O)c(C(=O)NCC(O)COc2ccc3c(c2)OCO3)nn1-c1ccccc1C(F)(F)F.